The number of nitrogens with one attached hydrogen (secondary N) is 1. The summed E-state index contributed by atoms with van der Waals surface area (Å²) in [5, 5.41) is 7.77. The molecule has 4 rings (SSSR count). The van der Waals surface area contributed by atoms with Crippen LogP contribution in [-0.4, -0.2) is 26.6 Å². The van der Waals surface area contributed by atoms with Gasteiger partial charge in [-0.25, -0.2) is 0 Å². The van der Waals surface area contributed by atoms with Crippen LogP contribution >= 0.6 is 0 Å². The van der Waals surface area contributed by atoms with Gasteiger partial charge in [0.2, 0.25) is 0 Å². The minimum Gasteiger partial charge on any atom is -0.294 e. The van der Waals surface area contributed by atoms with Gasteiger partial charge in [-0.05, 0) is 17.7 Å². The van der Waals surface area contributed by atoms with Crippen LogP contribution in [0.2, 0.25) is 0 Å². The predicted molar refractivity (Wildman–Crippen MR) is 86.1 cm³/mol. The van der Waals surface area contributed by atoms with Crippen LogP contribution in [0.3, 0.4) is 0 Å². The van der Waals surface area contributed by atoms with Crippen LogP contribution in [-0.2, 0) is 19.5 Å². The topological polar surface area (TPSA) is 44.8 Å². The summed E-state index contributed by atoms with van der Waals surface area (Å²) in [6.45, 7) is 2.96. The molecule has 3 heterocycles. The van der Waals surface area contributed by atoms with E-state index in [1.807, 2.05) is 18.5 Å². The first kappa shape index (κ1) is 13.2. The standard InChI is InChI=1S/C18H18N4/c1-2-4-15(5-3-1)18-16-13-22(11-8-17(16)20-21-18)12-14-6-9-19-10-7-14/h1-7,9-10H,8,11-13H2,(H,20,21). The number of H-pyrrole nitrogens is 1. The van der Waals surface area contributed by atoms with Gasteiger partial charge in [0.25, 0.3) is 0 Å². The van der Waals surface area contributed by atoms with E-state index in [1.54, 1.807) is 0 Å². The van der Waals surface area contributed by atoms with Crippen LogP contribution in [0.5, 0.6) is 0 Å². The third kappa shape index (κ3) is 2.53. The lowest BCUT2D eigenvalue weighted by atomic mass is 10.0. The third-order valence-electron chi connectivity index (χ3n) is 4.22. The van der Waals surface area contributed by atoms with Crippen molar-refractivity contribution in [1.82, 2.24) is 20.1 Å². The molecule has 0 amide bonds. The smallest absolute Gasteiger partial charge is 0.0968 e. The molecule has 0 bridgehead atoms. The first-order chi connectivity index (χ1) is 10.9. The zero-order valence-corrected chi connectivity index (χ0v) is 12.4. The van der Waals surface area contributed by atoms with Crippen LogP contribution in [0.1, 0.15) is 16.8 Å². The summed E-state index contributed by atoms with van der Waals surface area (Å²) in [5.41, 5.74) is 6.21. The number of hydrogen-bond acceptors (Lipinski definition) is 3. The molecule has 2 aromatic heterocycles. The van der Waals surface area contributed by atoms with Gasteiger partial charge in [-0.15, -0.1) is 0 Å². The molecular formula is C18H18N4. The van der Waals surface area contributed by atoms with Crippen LogP contribution in [0.15, 0.2) is 54.9 Å². The molecule has 0 spiro atoms. The van der Waals surface area contributed by atoms with E-state index >= 15 is 0 Å². The SMILES string of the molecule is c1ccc(-c2n[nH]c3c2CN(Cc2ccncc2)CC3)cc1. The highest BCUT2D eigenvalue weighted by Gasteiger charge is 2.22. The zero-order valence-electron chi connectivity index (χ0n) is 12.4. The molecule has 1 aliphatic rings. The van der Waals surface area contributed by atoms with E-state index in [-0.39, 0.29) is 0 Å². The Kier molecular flexibility index (Phi) is 3.45. The maximum atomic E-state index is 4.55. The molecular weight excluding hydrogens is 272 g/mol. The Balaban J connectivity index is 1.59. The number of hydrogen-bond donors (Lipinski definition) is 1. The van der Waals surface area contributed by atoms with Gasteiger partial charge in [-0.2, -0.15) is 5.10 Å². The van der Waals surface area contributed by atoms with E-state index in [4.69, 9.17) is 0 Å². The molecule has 0 unspecified atom stereocenters. The van der Waals surface area contributed by atoms with Crippen LogP contribution in [0, 0.1) is 0 Å². The van der Waals surface area contributed by atoms with Crippen molar-refractivity contribution in [3.63, 3.8) is 0 Å². The van der Waals surface area contributed by atoms with Crippen molar-refractivity contribution in [3.8, 4) is 11.3 Å². The normalized spacial score (nSPS) is 14.7. The van der Waals surface area contributed by atoms with Crippen LogP contribution in [0.4, 0.5) is 0 Å². The highest BCUT2D eigenvalue weighted by molar-refractivity contribution is 5.64. The highest BCUT2D eigenvalue weighted by atomic mass is 15.2. The Hall–Kier alpha value is -2.46. The van der Waals surface area contributed by atoms with Crippen molar-refractivity contribution < 1.29 is 0 Å². The number of benzene rings is 1. The molecule has 4 nitrogen and oxygen atoms in total. The molecule has 22 heavy (non-hydrogen) atoms. The maximum absolute atomic E-state index is 4.55. The molecule has 4 heteroatoms. The largest absolute Gasteiger partial charge is 0.294 e. The van der Waals surface area contributed by atoms with Crippen molar-refractivity contribution in [1.29, 1.82) is 0 Å². The fraction of sp³-hybridized carbons (Fsp3) is 0.222. The Bertz CT molecular complexity index is 749. The first-order valence-electron chi connectivity index (χ1n) is 7.63. The lowest BCUT2D eigenvalue weighted by Crippen LogP contribution is -2.30. The molecule has 3 aromatic rings. The third-order valence-corrected chi connectivity index (χ3v) is 4.22. The summed E-state index contributed by atoms with van der Waals surface area (Å²) in [7, 11) is 0. The van der Waals surface area contributed by atoms with Crippen LogP contribution in [0.25, 0.3) is 11.3 Å². The van der Waals surface area contributed by atoms with Gasteiger partial charge >= 0.3 is 0 Å². The average molecular weight is 290 g/mol. The maximum Gasteiger partial charge on any atom is 0.0968 e. The quantitative estimate of drug-likeness (QED) is 0.806. The Morgan fingerprint density at radius 2 is 1.86 bits per heavy atom. The van der Waals surface area contributed by atoms with Gasteiger partial charge in [0.15, 0.2) is 0 Å². The van der Waals surface area contributed by atoms with E-state index in [1.165, 1.54) is 22.4 Å². The second-order valence-corrected chi connectivity index (χ2v) is 5.71. The van der Waals surface area contributed by atoms with E-state index in [2.05, 4.69) is 56.5 Å². The molecule has 0 radical (unpaired) electrons. The molecule has 0 saturated heterocycles. The molecule has 0 saturated carbocycles. The summed E-state index contributed by atoms with van der Waals surface area (Å²) in [4.78, 5) is 6.56. The second kappa shape index (κ2) is 5.73. The molecule has 1 aromatic carbocycles. The number of fused-ring (bicyclic) bond motifs is 1. The molecule has 1 N–H and O–H groups in total. The average Bonchev–Trinajstić information content (AvgIpc) is 3.00. The Morgan fingerprint density at radius 3 is 2.68 bits per heavy atom. The number of rotatable bonds is 3. The summed E-state index contributed by atoms with van der Waals surface area (Å²) in [6, 6.07) is 14.6. The lowest BCUT2D eigenvalue weighted by molar-refractivity contribution is 0.245. The van der Waals surface area contributed by atoms with E-state index in [0.717, 1.165) is 31.7 Å². The number of nitrogens with zero attached hydrogens (tertiary/aromatic N) is 3. The van der Waals surface area contributed by atoms with Gasteiger partial charge in [-0.3, -0.25) is 15.0 Å². The fourth-order valence-corrected chi connectivity index (χ4v) is 3.07. The first-order valence-corrected chi connectivity index (χ1v) is 7.63. The molecule has 0 aliphatic carbocycles. The molecule has 110 valence electrons. The Morgan fingerprint density at radius 1 is 1.05 bits per heavy atom. The van der Waals surface area contributed by atoms with Crippen molar-refractivity contribution in [2.24, 2.45) is 0 Å². The zero-order chi connectivity index (χ0) is 14.8. The van der Waals surface area contributed by atoms with E-state index in [9.17, 15) is 0 Å². The minimum absolute atomic E-state index is 0.943. The van der Waals surface area contributed by atoms with Crippen molar-refractivity contribution in [2.45, 2.75) is 19.5 Å². The lowest BCUT2D eigenvalue weighted by Gasteiger charge is -2.27. The number of aromatic nitrogens is 3. The minimum atomic E-state index is 0.943. The van der Waals surface area contributed by atoms with Gasteiger partial charge in [0.1, 0.15) is 0 Å². The summed E-state index contributed by atoms with van der Waals surface area (Å²) in [6.07, 6.45) is 4.75. The summed E-state index contributed by atoms with van der Waals surface area (Å²) < 4.78 is 0. The van der Waals surface area contributed by atoms with Gasteiger partial charge < -0.3 is 0 Å². The van der Waals surface area contributed by atoms with Crippen LogP contribution < -0.4 is 0 Å². The van der Waals surface area contributed by atoms with E-state index < -0.39 is 0 Å². The van der Waals surface area contributed by atoms with E-state index in [0.29, 0.717) is 0 Å². The van der Waals surface area contributed by atoms with Gasteiger partial charge in [0.05, 0.1) is 5.69 Å². The number of aromatic amines is 1. The monoisotopic (exact) mass is 290 g/mol. The highest BCUT2D eigenvalue weighted by Crippen LogP contribution is 2.28. The fourth-order valence-electron chi connectivity index (χ4n) is 3.07. The Labute approximate surface area is 129 Å². The van der Waals surface area contributed by atoms with Crippen molar-refractivity contribution >= 4 is 0 Å². The molecule has 0 atom stereocenters. The molecule has 0 fully saturated rings. The van der Waals surface area contributed by atoms with Gasteiger partial charge in [-0.1, -0.05) is 30.3 Å². The predicted octanol–water partition coefficient (Wildman–Crippen LogP) is 3.03. The molecule has 1 aliphatic heterocycles. The van der Waals surface area contributed by atoms with Crippen molar-refractivity contribution in [2.75, 3.05) is 6.54 Å². The van der Waals surface area contributed by atoms with Gasteiger partial charge in [0, 0.05) is 55.3 Å². The number of pyridine rings is 1. The summed E-state index contributed by atoms with van der Waals surface area (Å²) in [5.74, 6) is 0. The second-order valence-electron chi connectivity index (χ2n) is 5.71. The summed E-state index contributed by atoms with van der Waals surface area (Å²) >= 11 is 0. The van der Waals surface area contributed by atoms with Crippen molar-refractivity contribution in [3.05, 3.63) is 71.7 Å².